The first kappa shape index (κ1) is 31.8. The average Bonchev–Trinajstić information content (AvgIpc) is 3.88. The van der Waals surface area contributed by atoms with E-state index in [4.69, 9.17) is 4.74 Å². The number of anilines is 1. The zero-order valence-electron chi connectivity index (χ0n) is 25.6. The van der Waals surface area contributed by atoms with Gasteiger partial charge in [0, 0.05) is 11.2 Å². The number of rotatable bonds is 9. The number of amides is 1. The quantitative estimate of drug-likeness (QED) is 0.148. The first-order valence-electron chi connectivity index (χ1n) is 15.5. The zero-order valence-corrected chi connectivity index (χ0v) is 30.7. The maximum atomic E-state index is 13.6. The molecule has 2 aliphatic rings. The Kier molecular flexibility index (Phi) is 9.48. The Morgan fingerprint density at radius 2 is 1.83 bits per heavy atom. The topological polar surface area (TPSA) is 56.6 Å². The molecule has 7 rings (SSSR count). The number of nitrogens with zero attached hydrogens (tertiary/aromatic N) is 3. The SMILES string of the molecule is CN(C(=O)COC1(c2ccc(-c3cccc(C#N)c3)cc2)CCN(Cc2csc3ccccc23)CC1)c1cc(I)cc(C2C[I-]2)c1. The number of carbonyl (C=O) groups is 1. The van der Waals surface area contributed by atoms with E-state index >= 15 is 0 Å². The van der Waals surface area contributed by atoms with E-state index in [1.165, 1.54) is 29.2 Å². The molecule has 2 saturated heterocycles. The van der Waals surface area contributed by atoms with Gasteiger partial charge in [-0.05, 0) is 45.7 Å². The van der Waals surface area contributed by atoms with Gasteiger partial charge >= 0.3 is 185 Å². The fraction of sp³-hybridized carbons (Fsp3) is 0.263. The van der Waals surface area contributed by atoms with E-state index in [1.54, 1.807) is 4.90 Å². The van der Waals surface area contributed by atoms with Crippen molar-refractivity contribution in [2.45, 2.75) is 28.9 Å². The number of likely N-dealkylation sites (tertiary alicyclic amines) is 1. The Balaban J connectivity index is 1.11. The van der Waals surface area contributed by atoms with E-state index in [-0.39, 0.29) is 33.7 Å². The van der Waals surface area contributed by atoms with Crippen molar-refractivity contribution in [3.05, 3.63) is 122 Å². The van der Waals surface area contributed by atoms with Gasteiger partial charge in [-0.3, -0.25) is 0 Å². The van der Waals surface area contributed by atoms with E-state index in [2.05, 4.69) is 106 Å². The van der Waals surface area contributed by atoms with Gasteiger partial charge in [-0.15, -0.1) is 11.3 Å². The molecule has 2 aliphatic heterocycles. The number of piperidine rings is 1. The molecule has 0 radical (unpaired) electrons. The number of likely N-dealkylation sites (N-methyl/N-ethyl adjacent to an activating group) is 1. The van der Waals surface area contributed by atoms with Crippen molar-refractivity contribution in [3.63, 3.8) is 0 Å². The van der Waals surface area contributed by atoms with Crippen LogP contribution in [0.2, 0.25) is 0 Å². The van der Waals surface area contributed by atoms with Gasteiger partial charge in [0.2, 0.25) is 0 Å². The van der Waals surface area contributed by atoms with Crippen LogP contribution in [0, 0.1) is 14.9 Å². The number of ether oxygens (including phenoxy) is 1. The van der Waals surface area contributed by atoms with Crippen molar-refractivity contribution in [2.75, 3.05) is 36.1 Å². The van der Waals surface area contributed by atoms with Gasteiger partial charge in [-0.1, -0.05) is 30.3 Å². The Labute approximate surface area is 298 Å². The van der Waals surface area contributed by atoms with Crippen LogP contribution in [0.4, 0.5) is 5.69 Å². The van der Waals surface area contributed by atoms with Gasteiger partial charge in [0.25, 0.3) is 0 Å². The number of fused-ring (bicyclic) bond motifs is 1. The molecular weight excluding hydrogens is 816 g/mol. The van der Waals surface area contributed by atoms with Crippen LogP contribution in [0.25, 0.3) is 21.2 Å². The number of hydrogen-bond donors (Lipinski definition) is 0. The molecule has 3 heterocycles. The summed E-state index contributed by atoms with van der Waals surface area (Å²) in [6, 6.07) is 33.6. The monoisotopic (exact) mass is 850 g/mol. The van der Waals surface area contributed by atoms with Crippen LogP contribution in [-0.2, 0) is 21.7 Å². The molecule has 0 spiro atoms. The predicted molar refractivity (Wildman–Crippen MR) is 191 cm³/mol. The molecule has 1 atom stereocenters. The van der Waals surface area contributed by atoms with Gasteiger partial charge in [-0.25, -0.2) is 0 Å². The molecule has 0 bridgehead atoms. The Hall–Kier alpha value is -2.82. The second kappa shape index (κ2) is 13.7. The predicted octanol–water partition coefficient (Wildman–Crippen LogP) is 5.36. The third-order valence-electron chi connectivity index (χ3n) is 9.16. The second-order valence-electron chi connectivity index (χ2n) is 12.1. The van der Waals surface area contributed by atoms with Gasteiger partial charge in [0.1, 0.15) is 0 Å². The van der Waals surface area contributed by atoms with Crippen LogP contribution in [0.5, 0.6) is 0 Å². The summed E-state index contributed by atoms with van der Waals surface area (Å²) in [5.41, 5.74) is 6.94. The average molecular weight is 851 g/mol. The van der Waals surface area contributed by atoms with Gasteiger partial charge in [0.15, 0.2) is 0 Å². The van der Waals surface area contributed by atoms with Crippen LogP contribution in [0.15, 0.2) is 96.4 Å². The number of carbonyl (C=O) groups excluding carboxylic acids is 1. The summed E-state index contributed by atoms with van der Waals surface area (Å²) >= 11 is 4.46. The number of benzene rings is 4. The normalized spacial score (nSPS) is 17.6. The molecule has 2 fully saturated rings. The molecule has 8 heteroatoms. The summed E-state index contributed by atoms with van der Waals surface area (Å²) in [7, 11) is 1.87. The van der Waals surface area contributed by atoms with E-state index in [0.29, 0.717) is 5.56 Å². The molecule has 0 aliphatic carbocycles. The standard InChI is InChI=1S/C38H34I2N3O2S/c1-42(33-19-29(35-21-40-35)18-32(39)20-33)37(44)24-45-38(31-11-9-27(10-12-31)28-6-4-5-26(17-28)22-41)13-15-43(16-14-38)23-30-25-46-36-8-3-2-7-34(30)36/h2-12,17-20,25,35H,13-16,21,23-24H2,1H3/q-1. The van der Waals surface area contributed by atoms with Crippen LogP contribution >= 0.6 is 33.9 Å². The van der Waals surface area contributed by atoms with Gasteiger partial charge < -0.3 is 0 Å². The first-order valence-corrected chi connectivity index (χ1v) is 20.2. The minimum absolute atomic E-state index is 0.0226. The summed E-state index contributed by atoms with van der Waals surface area (Å²) in [6.45, 7) is 2.69. The Morgan fingerprint density at radius 3 is 2.59 bits per heavy atom. The summed E-state index contributed by atoms with van der Waals surface area (Å²) in [5.74, 6) is -0.0325. The van der Waals surface area contributed by atoms with Crippen LogP contribution in [0.3, 0.4) is 0 Å². The molecule has 1 unspecified atom stereocenters. The fourth-order valence-electron chi connectivity index (χ4n) is 6.35. The molecule has 5 aromatic rings. The van der Waals surface area contributed by atoms with Crippen molar-refractivity contribution < 1.29 is 30.7 Å². The van der Waals surface area contributed by atoms with E-state index < -0.39 is 5.60 Å². The Bertz CT molecular complexity index is 1920. The molecule has 5 nitrogen and oxygen atoms in total. The molecule has 46 heavy (non-hydrogen) atoms. The molecule has 234 valence electrons. The molecule has 1 aromatic heterocycles. The fourth-order valence-corrected chi connectivity index (χ4v) is 9.62. The third-order valence-corrected chi connectivity index (χ3v) is 13.3. The molecule has 0 saturated carbocycles. The zero-order chi connectivity index (χ0) is 31.7. The summed E-state index contributed by atoms with van der Waals surface area (Å²) in [5, 5.41) is 13.0. The summed E-state index contributed by atoms with van der Waals surface area (Å²) in [6.07, 6.45) is 1.60. The number of thiophene rings is 1. The van der Waals surface area contributed by atoms with Gasteiger partial charge in [-0.2, -0.15) is 5.26 Å². The number of halogens is 2. The number of alkyl halides is 2. The Morgan fingerprint density at radius 1 is 1.04 bits per heavy atom. The van der Waals surface area contributed by atoms with E-state index in [9.17, 15) is 10.1 Å². The van der Waals surface area contributed by atoms with Crippen molar-refractivity contribution in [3.8, 4) is 17.2 Å². The number of hydrogen-bond acceptors (Lipinski definition) is 5. The molecule has 4 aromatic carbocycles. The van der Waals surface area contributed by atoms with Gasteiger partial charge in [0.05, 0.1) is 11.6 Å². The minimum atomic E-state index is -0.564. The van der Waals surface area contributed by atoms with Crippen molar-refractivity contribution in [1.29, 1.82) is 5.26 Å². The van der Waals surface area contributed by atoms with Crippen LogP contribution in [-0.4, -0.2) is 42.0 Å². The number of nitriles is 1. The van der Waals surface area contributed by atoms with Crippen LogP contribution in [0.1, 0.15) is 39.0 Å². The van der Waals surface area contributed by atoms with Crippen molar-refractivity contribution in [1.82, 2.24) is 4.90 Å². The van der Waals surface area contributed by atoms with Crippen LogP contribution < -0.4 is 26.1 Å². The third kappa shape index (κ3) is 6.90. The summed E-state index contributed by atoms with van der Waals surface area (Å²) in [4.78, 5) is 17.9. The van der Waals surface area contributed by atoms with E-state index in [0.717, 1.165) is 58.8 Å². The summed E-state index contributed by atoms with van der Waals surface area (Å²) < 4.78 is 11.3. The molecular formula is C38H34I2N3O2S-. The molecule has 1 amide bonds. The molecule has 0 N–H and O–H groups in total. The van der Waals surface area contributed by atoms with Crippen molar-refractivity contribution in [2.24, 2.45) is 0 Å². The first-order chi connectivity index (χ1) is 22.4. The van der Waals surface area contributed by atoms with E-state index in [1.807, 2.05) is 42.6 Å². The van der Waals surface area contributed by atoms with Crippen molar-refractivity contribution >= 4 is 55.6 Å². The second-order valence-corrected chi connectivity index (χ2v) is 17.5. The maximum absolute atomic E-state index is 13.6.